The molecule has 12 heavy (non-hydrogen) atoms. The van der Waals surface area contributed by atoms with Crippen LogP contribution in [0.3, 0.4) is 0 Å². The largest absolute Gasteiger partial charge is 0.267 e. The highest BCUT2D eigenvalue weighted by molar-refractivity contribution is 7.86. The molecule has 0 aliphatic heterocycles. The normalized spacial score (nSPS) is 23.6. The first-order valence-electron chi connectivity index (χ1n) is 3.63. The first kappa shape index (κ1) is 9.85. The van der Waals surface area contributed by atoms with Crippen LogP contribution in [0.25, 0.3) is 0 Å². The zero-order valence-electron chi connectivity index (χ0n) is 6.59. The van der Waals surface area contributed by atoms with Crippen molar-refractivity contribution < 1.29 is 21.4 Å². The van der Waals surface area contributed by atoms with Gasteiger partial charge in [-0.15, -0.1) is 0 Å². The summed E-state index contributed by atoms with van der Waals surface area (Å²) in [5, 5.41) is 0. The molecule has 1 rings (SSSR count). The van der Waals surface area contributed by atoms with Crippen molar-refractivity contribution in [3.63, 3.8) is 0 Å². The predicted molar refractivity (Wildman–Crippen MR) is 38.5 cm³/mol. The third-order valence-electron chi connectivity index (χ3n) is 1.69. The molecule has 0 aromatic carbocycles. The Bertz CT molecular complexity index is 252. The summed E-state index contributed by atoms with van der Waals surface area (Å²) in [5.74, 6) is -2.90. The zero-order valence-corrected chi connectivity index (χ0v) is 7.40. The van der Waals surface area contributed by atoms with Gasteiger partial charge >= 0.3 is 0 Å². The lowest BCUT2D eigenvalue weighted by Crippen LogP contribution is -2.42. The lowest BCUT2D eigenvalue weighted by molar-refractivity contribution is -0.132. The van der Waals surface area contributed by atoms with E-state index < -0.39 is 35.0 Å². The standard InChI is InChI=1S/C6H10F2O3S/c1-2-12(9,10)11-5-3-6(7,8)4-5/h5H,2-4H2,1H3. The fourth-order valence-electron chi connectivity index (χ4n) is 0.950. The summed E-state index contributed by atoms with van der Waals surface area (Å²) in [6.07, 6.45) is -1.77. The van der Waals surface area contributed by atoms with E-state index in [1.165, 1.54) is 6.92 Å². The third kappa shape index (κ3) is 2.38. The van der Waals surface area contributed by atoms with E-state index in [0.717, 1.165) is 0 Å². The van der Waals surface area contributed by atoms with Gasteiger partial charge in [0.05, 0.1) is 11.9 Å². The molecule has 1 aliphatic carbocycles. The average Bonchev–Trinajstić information content (AvgIpc) is 1.83. The van der Waals surface area contributed by atoms with Gasteiger partial charge in [-0.05, 0) is 6.92 Å². The maximum atomic E-state index is 12.2. The second kappa shape index (κ2) is 2.92. The minimum Gasteiger partial charge on any atom is -0.266 e. The quantitative estimate of drug-likeness (QED) is 0.642. The average molecular weight is 200 g/mol. The van der Waals surface area contributed by atoms with Crippen LogP contribution in [0.15, 0.2) is 0 Å². The van der Waals surface area contributed by atoms with E-state index in [1.54, 1.807) is 0 Å². The fraction of sp³-hybridized carbons (Fsp3) is 1.00. The lowest BCUT2D eigenvalue weighted by Gasteiger charge is -2.33. The highest BCUT2D eigenvalue weighted by atomic mass is 32.2. The molecule has 0 saturated heterocycles. The first-order chi connectivity index (χ1) is 5.35. The summed E-state index contributed by atoms with van der Waals surface area (Å²) < 4.78 is 50.3. The zero-order chi connectivity index (χ0) is 9.41. The SMILES string of the molecule is CCS(=O)(=O)OC1CC(F)(F)C1. The molecule has 6 heteroatoms. The summed E-state index contributed by atoms with van der Waals surface area (Å²) in [5.41, 5.74) is 0. The number of alkyl halides is 2. The topological polar surface area (TPSA) is 43.4 Å². The van der Waals surface area contributed by atoms with Crippen molar-refractivity contribution in [2.75, 3.05) is 5.75 Å². The molecule has 0 N–H and O–H groups in total. The molecule has 0 spiro atoms. The van der Waals surface area contributed by atoms with Gasteiger partial charge in [0.1, 0.15) is 0 Å². The highest BCUT2D eigenvalue weighted by Gasteiger charge is 2.47. The van der Waals surface area contributed by atoms with E-state index >= 15 is 0 Å². The van der Waals surface area contributed by atoms with Crippen molar-refractivity contribution in [2.24, 2.45) is 0 Å². The smallest absolute Gasteiger partial charge is 0.266 e. The Labute approximate surface area is 69.8 Å². The number of hydrogen-bond donors (Lipinski definition) is 0. The van der Waals surface area contributed by atoms with Crippen molar-refractivity contribution in [2.45, 2.75) is 31.8 Å². The van der Waals surface area contributed by atoms with Crippen LogP contribution in [0, 0.1) is 0 Å². The molecule has 72 valence electrons. The molecule has 0 bridgehead atoms. The van der Waals surface area contributed by atoms with Crippen molar-refractivity contribution >= 4 is 10.1 Å². The minimum atomic E-state index is -3.56. The van der Waals surface area contributed by atoms with Crippen molar-refractivity contribution in [1.29, 1.82) is 0 Å². The van der Waals surface area contributed by atoms with Gasteiger partial charge in [0.25, 0.3) is 16.0 Å². The fourth-order valence-corrected chi connectivity index (χ4v) is 1.64. The van der Waals surface area contributed by atoms with Gasteiger partial charge in [0.15, 0.2) is 0 Å². The molecule has 0 radical (unpaired) electrons. The van der Waals surface area contributed by atoms with Gasteiger partial charge in [-0.1, -0.05) is 0 Å². The maximum Gasteiger partial charge on any atom is 0.267 e. The van der Waals surface area contributed by atoms with Crippen LogP contribution in [0.2, 0.25) is 0 Å². The summed E-state index contributed by atoms with van der Waals surface area (Å²) in [6.45, 7) is 1.41. The summed E-state index contributed by atoms with van der Waals surface area (Å²) >= 11 is 0. The number of hydrogen-bond acceptors (Lipinski definition) is 3. The molecule has 1 aliphatic rings. The molecule has 0 unspecified atom stereocenters. The van der Waals surface area contributed by atoms with Crippen LogP contribution >= 0.6 is 0 Å². The summed E-state index contributed by atoms with van der Waals surface area (Å²) in [6, 6.07) is 0. The van der Waals surface area contributed by atoms with E-state index in [1.807, 2.05) is 0 Å². The second-order valence-corrected chi connectivity index (χ2v) is 4.71. The van der Waals surface area contributed by atoms with Crippen LogP contribution < -0.4 is 0 Å². The Balaban J connectivity index is 2.38. The minimum absolute atomic E-state index is 0.172. The van der Waals surface area contributed by atoms with Gasteiger partial charge in [-0.3, -0.25) is 4.18 Å². The predicted octanol–water partition coefficient (Wildman–Crippen LogP) is 1.15. The van der Waals surface area contributed by atoms with Crippen LogP contribution in [0.5, 0.6) is 0 Å². The Hall–Kier alpha value is -0.230. The van der Waals surface area contributed by atoms with Gasteiger partial charge < -0.3 is 0 Å². The molecule has 0 atom stereocenters. The van der Waals surface area contributed by atoms with Crippen LogP contribution in [-0.4, -0.2) is 26.2 Å². The molecule has 0 heterocycles. The van der Waals surface area contributed by atoms with Gasteiger partial charge in [0.2, 0.25) is 0 Å². The molecular weight excluding hydrogens is 190 g/mol. The van der Waals surface area contributed by atoms with E-state index in [-0.39, 0.29) is 5.75 Å². The number of halogens is 2. The lowest BCUT2D eigenvalue weighted by atomic mass is 9.91. The molecule has 1 fully saturated rings. The van der Waals surface area contributed by atoms with Crippen molar-refractivity contribution in [1.82, 2.24) is 0 Å². The van der Waals surface area contributed by atoms with Gasteiger partial charge in [-0.25, -0.2) is 8.78 Å². The summed E-state index contributed by atoms with van der Waals surface area (Å²) in [7, 11) is -3.56. The van der Waals surface area contributed by atoms with Crippen LogP contribution in [0.1, 0.15) is 19.8 Å². The molecule has 1 saturated carbocycles. The molecule has 0 aromatic heterocycles. The van der Waals surface area contributed by atoms with Crippen molar-refractivity contribution in [3.8, 4) is 0 Å². The highest BCUT2D eigenvalue weighted by Crippen LogP contribution is 2.39. The molecular formula is C6H10F2O3S. The Morgan fingerprint density at radius 3 is 2.33 bits per heavy atom. The van der Waals surface area contributed by atoms with E-state index in [0.29, 0.717) is 0 Å². The molecule has 0 amide bonds. The monoisotopic (exact) mass is 200 g/mol. The third-order valence-corrected chi connectivity index (χ3v) is 2.96. The van der Waals surface area contributed by atoms with Crippen molar-refractivity contribution in [3.05, 3.63) is 0 Å². The van der Waals surface area contributed by atoms with Crippen LogP contribution in [0.4, 0.5) is 8.78 Å². The Kier molecular flexibility index (Phi) is 2.40. The van der Waals surface area contributed by atoms with Gasteiger partial charge in [0, 0.05) is 12.8 Å². The van der Waals surface area contributed by atoms with E-state index in [4.69, 9.17) is 0 Å². The Morgan fingerprint density at radius 2 is 2.00 bits per heavy atom. The Morgan fingerprint density at radius 1 is 1.50 bits per heavy atom. The van der Waals surface area contributed by atoms with E-state index in [2.05, 4.69) is 4.18 Å². The number of rotatable bonds is 3. The first-order valence-corrected chi connectivity index (χ1v) is 5.21. The summed E-state index contributed by atoms with van der Waals surface area (Å²) in [4.78, 5) is 0. The molecule has 0 aromatic rings. The van der Waals surface area contributed by atoms with E-state index in [9.17, 15) is 17.2 Å². The van der Waals surface area contributed by atoms with Gasteiger partial charge in [-0.2, -0.15) is 8.42 Å². The second-order valence-electron chi connectivity index (χ2n) is 2.83. The van der Waals surface area contributed by atoms with Crippen LogP contribution in [-0.2, 0) is 14.3 Å². The molecule has 3 nitrogen and oxygen atoms in total. The maximum absolute atomic E-state index is 12.2.